The highest BCUT2D eigenvalue weighted by molar-refractivity contribution is 8.00. The standard InChI is InChI=1S/C25H38N4O4S/c1-4-5-14-29(19-12-10-18(11-13-19)24(31)33-16-15-28(2)3)22(30)9-7-6-8-21-23-20(17-34-21)26-25(32)27-23/h10-13,20-21,23H,4-9,14-17H2,1-3H3,(H2,26,27,32)/t20?,21-,23?/m1/s1. The average molecular weight is 491 g/mol. The third-order valence-electron chi connectivity index (χ3n) is 6.29. The Bertz CT molecular complexity index is 833. The van der Waals surface area contributed by atoms with Crippen molar-refractivity contribution in [1.82, 2.24) is 15.5 Å². The number of benzene rings is 1. The van der Waals surface area contributed by atoms with Gasteiger partial charge >= 0.3 is 12.0 Å². The summed E-state index contributed by atoms with van der Waals surface area (Å²) < 4.78 is 5.30. The summed E-state index contributed by atoms with van der Waals surface area (Å²) in [6.07, 6.45) is 5.21. The molecule has 2 aliphatic heterocycles. The number of carbonyl (C=O) groups excluding carboxylic acids is 3. The molecule has 1 aromatic carbocycles. The van der Waals surface area contributed by atoms with Crippen molar-refractivity contribution >= 4 is 35.4 Å². The zero-order valence-corrected chi connectivity index (χ0v) is 21.4. The molecule has 0 radical (unpaired) electrons. The molecule has 2 saturated heterocycles. The van der Waals surface area contributed by atoms with E-state index < -0.39 is 0 Å². The number of nitrogens with one attached hydrogen (secondary N) is 2. The van der Waals surface area contributed by atoms with Gasteiger partial charge in [0.2, 0.25) is 5.91 Å². The first-order valence-electron chi connectivity index (χ1n) is 12.3. The number of ether oxygens (including phenoxy) is 1. The second-order valence-corrected chi connectivity index (χ2v) is 10.5. The summed E-state index contributed by atoms with van der Waals surface area (Å²) in [6.45, 7) is 3.80. The van der Waals surface area contributed by atoms with Gasteiger partial charge in [0.25, 0.3) is 0 Å². The minimum Gasteiger partial charge on any atom is -0.461 e. The second kappa shape index (κ2) is 13.0. The average Bonchev–Trinajstić information content (AvgIpc) is 3.36. The van der Waals surface area contributed by atoms with Crippen LogP contribution in [0.4, 0.5) is 10.5 Å². The van der Waals surface area contributed by atoms with Gasteiger partial charge in [-0.25, -0.2) is 9.59 Å². The molecule has 2 aliphatic rings. The first kappa shape index (κ1) is 26.3. The molecule has 3 amide bonds. The van der Waals surface area contributed by atoms with Gasteiger partial charge in [-0.2, -0.15) is 11.8 Å². The van der Waals surface area contributed by atoms with E-state index in [9.17, 15) is 14.4 Å². The van der Waals surface area contributed by atoms with Crippen LogP contribution in [0.15, 0.2) is 24.3 Å². The molecule has 2 N–H and O–H groups in total. The van der Waals surface area contributed by atoms with E-state index in [4.69, 9.17) is 4.74 Å². The van der Waals surface area contributed by atoms with Crippen molar-refractivity contribution in [1.29, 1.82) is 0 Å². The first-order valence-corrected chi connectivity index (χ1v) is 13.3. The highest BCUT2D eigenvalue weighted by atomic mass is 32.2. The van der Waals surface area contributed by atoms with E-state index in [0.29, 0.717) is 36.9 Å². The van der Waals surface area contributed by atoms with Crippen LogP contribution in [0.1, 0.15) is 55.8 Å². The Balaban J connectivity index is 1.48. The predicted molar refractivity (Wildman–Crippen MR) is 136 cm³/mol. The fraction of sp³-hybridized carbons (Fsp3) is 0.640. The van der Waals surface area contributed by atoms with Gasteiger partial charge in [0.15, 0.2) is 0 Å². The summed E-state index contributed by atoms with van der Waals surface area (Å²) in [5.41, 5.74) is 1.31. The number of urea groups is 1. The molecule has 2 unspecified atom stereocenters. The van der Waals surface area contributed by atoms with E-state index in [1.54, 1.807) is 12.1 Å². The van der Waals surface area contributed by atoms with E-state index in [1.807, 2.05) is 47.8 Å². The fourth-order valence-corrected chi connectivity index (χ4v) is 5.84. The van der Waals surface area contributed by atoms with Crippen molar-refractivity contribution in [2.75, 3.05) is 44.4 Å². The largest absolute Gasteiger partial charge is 0.461 e. The fourth-order valence-electron chi connectivity index (χ4n) is 4.30. The van der Waals surface area contributed by atoms with Crippen molar-refractivity contribution < 1.29 is 19.1 Å². The third kappa shape index (κ3) is 7.37. The number of esters is 1. The Morgan fingerprint density at radius 1 is 1.09 bits per heavy atom. The molecule has 0 saturated carbocycles. The Labute approximate surface area is 207 Å². The smallest absolute Gasteiger partial charge is 0.338 e. The molecule has 8 nitrogen and oxygen atoms in total. The van der Waals surface area contributed by atoms with Crippen molar-refractivity contribution in [3.8, 4) is 0 Å². The molecule has 188 valence electrons. The molecule has 34 heavy (non-hydrogen) atoms. The van der Waals surface area contributed by atoms with Gasteiger partial charge in [0, 0.05) is 36.2 Å². The number of rotatable bonds is 13. The van der Waals surface area contributed by atoms with Gasteiger partial charge < -0.3 is 25.2 Å². The van der Waals surface area contributed by atoms with Crippen LogP contribution in [0, 0.1) is 0 Å². The van der Waals surface area contributed by atoms with Crippen LogP contribution < -0.4 is 15.5 Å². The van der Waals surface area contributed by atoms with Crippen LogP contribution >= 0.6 is 11.8 Å². The monoisotopic (exact) mass is 490 g/mol. The van der Waals surface area contributed by atoms with Crippen molar-refractivity contribution in [3.05, 3.63) is 29.8 Å². The highest BCUT2D eigenvalue weighted by Gasteiger charge is 2.42. The van der Waals surface area contributed by atoms with Crippen molar-refractivity contribution in [2.24, 2.45) is 0 Å². The summed E-state index contributed by atoms with van der Waals surface area (Å²) in [5, 5.41) is 6.41. The maximum absolute atomic E-state index is 13.1. The maximum Gasteiger partial charge on any atom is 0.338 e. The summed E-state index contributed by atoms with van der Waals surface area (Å²) in [7, 11) is 3.86. The minimum absolute atomic E-state index is 0.0603. The number of thioether (sulfide) groups is 1. The molecule has 0 spiro atoms. The van der Waals surface area contributed by atoms with Gasteiger partial charge in [0.05, 0.1) is 17.6 Å². The molecular formula is C25H38N4O4S. The lowest BCUT2D eigenvalue weighted by molar-refractivity contribution is -0.118. The lowest BCUT2D eigenvalue weighted by atomic mass is 10.0. The number of nitrogens with zero attached hydrogens (tertiary/aromatic N) is 2. The lowest BCUT2D eigenvalue weighted by Gasteiger charge is -2.23. The zero-order valence-electron chi connectivity index (χ0n) is 20.5. The topological polar surface area (TPSA) is 91.0 Å². The molecule has 0 aliphatic carbocycles. The van der Waals surface area contributed by atoms with Crippen LogP contribution in [0.25, 0.3) is 0 Å². The van der Waals surface area contributed by atoms with Crippen molar-refractivity contribution in [3.63, 3.8) is 0 Å². The first-order chi connectivity index (χ1) is 16.4. The second-order valence-electron chi connectivity index (χ2n) is 9.25. The Morgan fingerprint density at radius 3 is 2.56 bits per heavy atom. The van der Waals surface area contributed by atoms with Crippen LogP contribution in [-0.4, -0.2) is 79.7 Å². The van der Waals surface area contributed by atoms with Gasteiger partial charge in [-0.3, -0.25) is 4.79 Å². The highest BCUT2D eigenvalue weighted by Crippen LogP contribution is 2.33. The Kier molecular flexibility index (Phi) is 10.1. The van der Waals surface area contributed by atoms with Crippen LogP contribution in [-0.2, 0) is 9.53 Å². The molecule has 9 heteroatoms. The van der Waals surface area contributed by atoms with Gasteiger partial charge in [-0.05, 0) is 57.6 Å². The maximum atomic E-state index is 13.1. The Hall–Kier alpha value is -2.26. The molecule has 2 heterocycles. The summed E-state index contributed by atoms with van der Waals surface area (Å²) in [6, 6.07) is 7.52. The molecule has 2 fully saturated rings. The number of anilines is 1. The van der Waals surface area contributed by atoms with E-state index >= 15 is 0 Å². The van der Waals surface area contributed by atoms with Gasteiger partial charge in [-0.1, -0.05) is 19.8 Å². The van der Waals surface area contributed by atoms with Crippen LogP contribution in [0.3, 0.4) is 0 Å². The molecule has 0 aromatic heterocycles. The van der Waals surface area contributed by atoms with Gasteiger partial charge in [0.1, 0.15) is 6.61 Å². The molecule has 3 atom stereocenters. The predicted octanol–water partition coefficient (Wildman–Crippen LogP) is 3.26. The lowest BCUT2D eigenvalue weighted by Crippen LogP contribution is -2.36. The SMILES string of the molecule is CCCCN(C(=O)CCCC[C@H]1SCC2NC(=O)NC21)c1ccc(C(=O)OCCN(C)C)cc1. The number of likely N-dealkylation sites (N-methyl/N-ethyl adjacent to an activating group) is 1. The van der Waals surface area contributed by atoms with E-state index in [0.717, 1.165) is 43.5 Å². The number of unbranched alkanes of at least 4 members (excludes halogenated alkanes) is 2. The number of fused-ring (bicyclic) bond motifs is 1. The van der Waals surface area contributed by atoms with Gasteiger partial charge in [-0.15, -0.1) is 0 Å². The molecule has 3 rings (SSSR count). The van der Waals surface area contributed by atoms with E-state index in [-0.39, 0.29) is 30.0 Å². The number of amides is 3. The summed E-state index contributed by atoms with van der Waals surface area (Å²) >= 11 is 1.91. The van der Waals surface area contributed by atoms with Crippen molar-refractivity contribution in [2.45, 2.75) is 62.8 Å². The Morgan fingerprint density at radius 2 is 1.85 bits per heavy atom. The minimum atomic E-state index is -0.347. The number of carbonyl (C=O) groups is 3. The third-order valence-corrected chi connectivity index (χ3v) is 7.80. The molecule has 0 bridgehead atoms. The van der Waals surface area contributed by atoms with Crippen LogP contribution in [0.2, 0.25) is 0 Å². The molecular weight excluding hydrogens is 452 g/mol. The summed E-state index contributed by atoms with van der Waals surface area (Å²) in [5.74, 6) is 0.722. The van der Waals surface area contributed by atoms with E-state index in [1.165, 1.54) is 0 Å². The van der Waals surface area contributed by atoms with E-state index in [2.05, 4.69) is 17.6 Å². The zero-order chi connectivity index (χ0) is 24.5. The number of hydrogen-bond acceptors (Lipinski definition) is 6. The van der Waals surface area contributed by atoms with Crippen LogP contribution in [0.5, 0.6) is 0 Å². The quantitative estimate of drug-likeness (QED) is 0.251. The normalized spacial score (nSPS) is 21.2. The number of hydrogen-bond donors (Lipinski definition) is 2. The molecule has 1 aromatic rings. The summed E-state index contributed by atoms with van der Waals surface area (Å²) in [4.78, 5) is 40.6.